The van der Waals surface area contributed by atoms with Gasteiger partial charge in [-0.15, -0.1) is 10.2 Å². The minimum Gasteiger partial charge on any atom is -0.435 e. The molecule has 7 heteroatoms. The van der Waals surface area contributed by atoms with E-state index in [1.165, 1.54) is 12.1 Å². The van der Waals surface area contributed by atoms with Crippen LogP contribution in [0.1, 0.15) is 5.89 Å². The summed E-state index contributed by atoms with van der Waals surface area (Å²) >= 11 is 0. The van der Waals surface area contributed by atoms with Crippen LogP contribution in [0, 0.1) is 0 Å². The Morgan fingerprint density at radius 2 is 2.21 bits per heavy atom. The highest BCUT2D eigenvalue weighted by Gasteiger charge is 2.10. The number of benzene rings is 1. The zero-order valence-corrected chi connectivity index (χ0v) is 10.3. The summed E-state index contributed by atoms with van der Waals surface area (Å²) in [5.41, 5.74) is 0.543. The van der Waals surface area contributed by atoms with E-state index in [1.807, 2.05) is 7.05 Å². The van der Waals surface area contributed by atoms with Crippen molar-refractivity contribution in [2.75, 3.05) is 13.6 Å². The predicted molar refractivity (Wildman–Crippen MR) is 64.0 cm³/mol. The summed E-state index contributed by atoms with van der Waals surface area (Å²) in [4.78, 5) is 0. The van der Waals surface area contributed by atoms with Crippen LogP contribution < -0.4 is 10.1 Å². The number of ether oxygens (including phenoxy) is 1. The molecule has 5 nitrogen and oxygen atoms in total. The Balaban J connectivity index is 2.14. The monoisotopic (exact) mass is 269 g/mol. The van der Waals surface area contributed by atoms with Crippen molar-refractivity contribution in [2.24, 2.45) is 0 Å². The molecule has 0 aliphatic carbocycles. The number of hydrogen-bond acceptors (Lipinski definition) is 5. The van der Waals surface area contributed by atoms with Gasteiger partial charge in [-0.2, -0.15) is 8.78 Å². The maximum Gasteiger partial charge on any atom is 0.387 e. The average Bonchev–Trinajstić information content (AvgIpc) is 2.84. The van der Waals surface area contributed by atoms with Gasteiger partial charge in [0.15, 0.2) is 0 Å². The summed E-state index contributed by atoms with van der Waals surface area (Å²) in [7, 11) is 1.82. The van der Waals surface area contributed by atoms with E-state index in [9.17, 15) is 8.78 Å². The summed E-state index contributed by atoms with van der Waals surface area (Å²) in [5.74, 6) is 0.831. The number of halogens is 2. The Labute approximate surface area is 108 Å². The van der Waals surface area contributed by atoms with Gasteiger partial charge in [0.1, 0.15) is 5.75 Å². The Kier molecular flexibility index (Phi) is 4.40. The van der Waals surface area contributed by atoms with E-state index in [0.29, 0.717) is 17.9 Å². The Bertz CT molecular complexity index is 531. The SMILES string of the molecule is CNCCc1nnc(-c2cccc(OC(F)F)c2)o1. The molecule has 0 unspecified atom stereocenters. The number of rotatable bonds is 6. The lowest BCUT2D eigenvalue weighted by Crippen LogP contribution is -2.10. The van der Waals surface area contributed by atoms with Gasteiger partial charge in [-0.05, 0) is 25.2 Å². The van der Waals surface area contributed by atoms with Crippen molar-refractivity contribution in [3.8, 4) is 17.2 Å². The summed E-state index contributed by atoms with van der Waals surface area (Å²) in [5, 5.41) is 10.7. The molecule has 0 saturated heterocycles. The van der Waals surface area contributed by atoms with Crippen LogP contribution in [0.5, 0.6) is 5.75 Å². The molecule has 2 aromatic rings. The molecule has 1 aromatic heterocycles. The van der Waals surface area contributed by atoms with Crippen LogP contribution in [-0.2, 0) is 6.42 Å². The van der Waals surface area contributed by atoms with Gasteiger partial charge in [0, 0.05) is 18.5 Å². The fraction of sp³-hybridized carbons (Fsp3) is 0.333. The molecular formula is C12H13F2N3O2. The molecule has 0 saturated carbocycles. The third-order valence-corrected chi connectivity index (χ3v) is 2.36. The molecule has 1 heterocycles. The van der Waals surface area contributed by atoms with Crippen molar-refractivity contribution >= 4 is 0 Å². The molecule has 0 radical (unpaired) electrons. The molecule has 102 valence electrons. The van der Waals surface area contributed by atoms with E-state index in [-0.39, 0.29) is 11.6 Å². The first-order valence-electron chi connectivity index (χ1n) is 5.71. The zero-order valence-electron chi connectivity index (χ0n) is 10.3. The average molecular weight is 269 g/mol. The first-order valence-corrected chi connectivity index (χ1v) is 5.71. The van der Waals surface area contributed by atoms with Crippen molar-refractivity contribution in [1.29, 1.82) is 0 Å². The molecular weight excluding hydrogens is 256 g/mol. The maximum absolute atomic E-state index is 12.1. The molecule has 0 spiro atoms. The second-order valence-electron chi connectivity index (χ2n) is 3.76. The normalized spacial score (nSPS) is 10.9. The van der Waals surface area contributed by atoms with Gasteiger partial charge >= 0.3 is 6.61 Å². The molecule has 2 rings (SSSR count). The van der Waals surface area contributed by atoms with Gasteiger partial charge in [0.25, 0.3) is 0 Å². The Morgan fingerprint density at radius 1 is 1.37 bits per heavy atom. The molecule has 0 aliphatic heterocycles. The fourth-order valence-corrected chi connectivity index (χ4v) is 1.51. The first kappa shape index (κ1) is 13.4. The van der Waals surface area contributed by atoms with Crippen molar-refractivity contribution in [3.05, 3.63) is 30.2 Å². The second kappa shape index (κ2) is 6.24. The minimum absolute atomic E-state index is 0.0578. The minimum atomic E-state index is -2.86. The summed E-state index contributed by atoms with van der Waals surface area (Å²) in [6, 6.07) is 6.15. The standard InChI is InChI=1S/C12H13F2N3O2/c1-15-6-5-10-16-17-11(19-10)8-3-2-4-9(7-8)18-12(13)14/h2-4,7,12,15H,5-6H2,1H3. The van der Waals surface area contributed by atoms with E-state index < -0.39 is 6.61 Å². The summed E-state index contributed by atoms with van der Waals surface area (Å²) < 4.78 is 34.0. The molecule has 0 aliphatic rings. The van der Waals surface area contributed by atoms with Gasteiger partial charge in [-0.3, -0.25) is 0 Å². The number of aromatic nitrogens is 2. The molecule has 0 amide bonds. The van der Waals surface area contributed by atoms with Crippen LogP contribution in [0.2, 0.25) is 0 Å². The number of likely N-dealkylation sites (N-methyl/N-ethyl adjacent to an activating group) is 1. The lowest BCUT2D eigenvalue weighted by Gasteiger charge is -2.04. The van der Waals surface area contributed by atoms with E-state index in [1.54, 1.807) is 12.1 Å². The highest BCUT2D eigenvalue weighted by atomic mass is 19.3. The lowest BCUT2D eigenvalue weighted by atomic mass is 10.2. The third-order valence-electron chi connectivity index (χ3n) is 2.36. The van der Waals surface area contributed by atoms with E-state index >= 15 is 0 Å². The van der Waals surface area contributed by atoms with Crippen LogP contribution in [0.3, 0.4) is 0 Å². The van der Waals surface area contributed by atoms with Crippen LogP contribution >= 0.6 is 0 Å². The molecule has 0 atom stereocenters. The number of nitrogens with one attached hydrogen (secondary N) is 1. The van der Waals surface area contributed by atoms with Crippen LogP contribution in [0.25, 0.3) is 11.5 Å². The smallest absolute Gasteiger partial charge is 0.387 e. The highest BCUT2D eigenvalue weighted by molar-refractivity contribution is 5.55. The zero-order chi connectivity index (χ0) is 13.7. The quantitative estimate of drug-likeness (QED) is 0.870. The largest absolute Gasteiger partial charge is 0.435 e. The number of alkyl halides is 2. The van der Waals surface area contributed by atoms with E-state index in [0.717, 1.165) is 6.54 Å². The van der Waals surface area contributed by atoms with Crippen molar-refractivity contribution in [1.82, 2.24) is 15.5 Å². The lowest BCUT2D eigenvalue weighted by molar-refractivity contribution is -0.0498. The van der Waals surface area contributed by atoms with Crippen molar-refractivity contribution < 1.29 is 17.9 Å². The predicted octanol–water partition coefficient (Wildman–Crippen LogP) is 2.10. The molecule has 19 heavy (non-hydrogen) atoms. The Morgan fingerprint density at radius 3 is 2.95 bits per heavy atom. The molecule has 1 N–H and O–H groups in total. The topological polar surface area (TPSA) is 60.2 Å². The van der Waals surface area contributed by atoms with Crippen molar-refractivity contribution in [3.63, 3.8) is 0 Å². The van der Waals surface area contributed by atoms with E-state index in [4.69, 9.17) is 4.42 Å². The second-order valence-corrected chi connectivity index (χ2v) is 3.76. The van der Waals surface area contributed by atoms with Gasteiger partial charge in [0.2, 0.25) is 11.8 Å². The number of nitrogens with zero attached hydrogens (tertiary/aromatic N) is 2. The summed E-state index contributed by atoms with van der Waals surface area (Å²) in [6.07, 6.45) is 0.608. The molecule has 0 bridgehead atoms. The highest BCUT2D eigenvalue weighted by Crippen LogP contribution is 2.23. The first-order chi connectivity index (χ1) is 9.19. The van der Waals surface area contributed by atoms with Gasteiger partial charge in [-0.1, -0.05) is 6.07 Å². The fourth-order valence-electron chi connectivity index (χ4n) is 1.51. The van der Waals surface area contributed by atoms with Gasteiger partial charge in [0.05, 0.1) is 0 Å². The number of hydrogen-bond donors (Lipinski definition) is 1. The van der Waals surface area contributed by atoms with Crippen LogP contribution in [-0.4, -0.2) is 30.4 Å². The van der Waals surface area contributed by atoms with Crippen molar-refractivity contribution in [2.45, 2.75) is 13.0 Å². The summed E-state index contributed by atoms with van der Waals surface area (Å²) in [6.45, 7) is -2.14. The Hall–Kier alpha value is -2.02. The van der Waals surface area contributed by atoms with Gasteiger partial charge in [-0.25, -0.2) is 0 Å². The van der Waals surface area contributed by atoms with Gasteiger partial charge < -0.3 is 14.5 Å². The third kappa shape index (κ3) is 3.72. The van der Waals surface area contributed by atoms with Crippen LogP contribution in [0.15, 0.2) is 28.7 Å². The molecule has 1 aromatic carbocycles. The maximum atomic E-state index is 12.1. The van der Waals surface area contributed by atoms with Crippen LogP contribution in [0.4, 0.5) is 8.78 Å². The van der Waals surface area contributed by atoms with E-state index in [2.05, 4.69) is 20.3 Å². The molecule has 0 fully saturated rings.